The standard InChI is InChI=1S/C30H46B/c1-17(2)23-13-25(19(5)6)29(26(14-23)20(7)8)31-30-27(21(9)10)15-24(18(3)4)16-28(30)22(11)12/h13-22H,1-12H3. The topological polar surface area (TPSA) is 0 Å². The van der Waals surface area contributed by atoms with Gasteiger partial charge in [-0.2, -0.15) is 0 Å². The molecule has 0 saturated heterocycles. The largest absolute Gasteiger partial charge is 0.192 e. The van der Waals surface area contributed by atoms with Crippen LogP contribution in [0.5, 0.6) is 0 Å². The van der Waals surface area contributed by atoms with Gasteiger partial charge in [0.25, 0.3) is 0 Å². The van der Waals surface area contributed by atoms with Crippen molar-refractivity contribution in [1.29, 1.82) is 0 Å². The van der Waals surface area contributed by atoms with Crippen LogP contribution < -0.4 is 10.9 Å². The monoisotopic (exact) mass is 417 g/mol. The van der Waals surface area contributed by atoms with Gasteiger partial charge in [-0.05, 0) is 46.6 Å². The Hall–Kier alpha value is -1.50. The Balaban J connectivity index is 2.83. The van der Waals surface area contributed by atoms with Gasteiger partial charge >= 0.3 is 0 Å². The van der Waals surface area contributed by atoms with Gasteiger partial charge in [0.15, 0.2) is 7.28 Å². The molecule has 0 atom stereocenters. The zero-order valence-corrected chi connectivity index (χ0v) is 22.4. The van der Waals surface area contributed by atoms with Crippen LogP contribution in [-0.4, -0.2) is 7.28 Å². The van der Waals surface area contributed by atoms with Crippen molar-refractivity contribution in [3.8, 4) is 0 Å². The van der Waals surface area contributed by atoms with E-state index in [4.69, 9.17) is 0 Å². The lowest BCUT2D eigenvalue weighted by molar-refractivity contribution is 0.810. The quantitative estimate of drug-likeness (QED) is 0.381. The molecule has 0 bridgehead atoms. The fraction of sp³-hybridized carbons (Fsp3) is 0.600. The van der Waals surface area contributed by atoms with Crippen LogP contribution in [0.25, 0.3) is 0 Å². The van der Waals surface area contributed by atoms with Crippen LogP contribution >= 0.6 is 0 Å². The Morgan fingerprint density at radius 2 is 0.613 bits per heavy atom. The molecule has 1 radical (unpaired) electrons. The van der Waals surface area contributed by atoms with Gasteiger partial charge < -0.3 is 0 Å². The summed E-state index contributed by atoms with van der Waals surface area (Å²) in [5.74, 6) is 3.10. The van der Waals surface area contributed by atoms with Crippen LogP contribution in [-0.2, 0) is 0 Å². The minimum atomic E-state index is 0.502. The van der Waals surface area contributed by atoms with E-state index in [-0.39, 0.29) is 0 Å². The Morgan fingerprint density at radius 3 is 0.774 bits per heavy atom. The summed E-state index contributed by atoms with van der Waals surface area (Å²) in [7, 11) is 2.55. The van der Waals surface area contributed by atoms with Gasteiger partial charge in [-0.1, -0.05) is 141 Å². The van der Waals surface area contributed by atoms with Crippen LogP contribution in [0.1, 0.15) is 152 Å². The molecule has 2 rings (SSSR count). The van der Waals surface area contributed by atoms with Gasteiger partial charge in [0.05, 0.1) is 0 Å². The van der Waals surface area contributed by atoms with E-state index in [2.05, 4.69) is 115 Å². The molecular weight excluding hydrogens is 371 g/mol. The minimum Gasteiger partial charge on any atom is -0.0746 e. The lowest BCUT2D eigenvalue weighted by Gasteiger charge is -2.27. The van der Waals surface area contributed by atoms with Crippen molar-refractivity contribution < 1.29 is 0 Å². The highest BCUT2D eigenvalue weighted by molar-refractivity contribution is 6.69. The van der Waals surface area contributed by atoms with E-state index in [1.54, 1.807) is 0 Å². The van der Waals surface area contributed by atoms with Crippen molar-refractivity contribution in [1.82, 2.24) is 0 Å². The molecule has 0 heterocycles. The van der Waals surface area contributed by atoms with Crippen molar-refractivity contribution in [2.45, 2.75) is 119 Å². The predicted octanol–water partition coefficient (Wildman–Crippen LogP) is 8.08. The summed E-state index contributed by atoms with van der Waals surface area (Å²) in [4.78, 5) is 0. The van der Waals surface area contributed by atoms with Crippen molar-refractivity contribution >= 4 is 18.2 Å². The third kappa shape index (κ3) is 5.85. The molecule has 0 amide bonds. The lowest BCUT2D eigenvalue weighted by atomic mass is 9.54. The first-order valence-electron chi connectivity index (χ1n) is 12.5. The van der Waals surface area contributed by atoms with E-state index in [0.29, 0.717) is 35.5 Å². The van der Waals surface area contributed by atoms with E-state index >= 15 is 0 Å². The number of rotatable bonds is 8. The molecule has 2 aromatic carbocycles. The summed E-state index contributed by atoms with van der Waals surface area (Å²) >= 11 is 0. The molecule has 0 spiro atoms. The van der Waals surface area contributed by atoms with E-state index in [1.807, 2.05) is 0 Å². The molecule has 0 aliphatic carbocycles. The molecule has 0 aliphatic rings. The molecule has 0 aliphatic heterocycles. The van der Waals surface area contributed by atoms with Crippen LogP contribution in [0, 0.1) is 0 Å². The maximum atomic E-state index is 2.55. The van der Waals surface area contributed by atoms with Crippen LogP contribution in [0.3, 0.4) is 0 Å². The smallest absolute Gasteiger partial charge is 0.0746 e. The van der Waals surface area contributed by atoms with Gasteiger partial charge in [0.1, 0.15) is 0 Å². The molecule has 0 N–H and O–H groups in total. The maximum Gasteiger partial charge on any atom is 0.192 e. The van der Waals surface area contributed by atoms with Gasteiger partial charge in [0, 0.05) is 0 Å². The number of hydrogen-bond acceptors (Lipinski definition) is 0. The van der Waals surface area contributed by atoms with Gasteiger partial charge in [0.2, 0.25) is 0 Å². The Morgan fingerprint density at radius 1 is 0.387 bits per heavy atom. The van der Waals surface area contributed by atoms with Crippen molar-refractivity contribution in [3.63, 3.8) is 0 Å². The first kappa shape index (κ1) is 25.8. The summed E-state index contributed by atoms with van der Waals surface area (Å²) in [5.41, 5.74) is 11.8. The van der Waals surface area contributed by atoms with Gasteiger partial charge in [-0.25, -0.2) is 0 Å². The molecule has 169 valence electrons. The molecular formula is C30H46B. The minimum absolute atomic E-state index is 0.502. The summed E-state index contributed by atoms with van der Waals surface area (Å²) < 4.78 is 0. The average Bonchev–Trinajstić information content (AvgIpc) is 2.66. The second kappa shape index (κ2) is 10.4. The summed E-state index contributed by atoms with van der Waals surface area (Å²) in [5, 5.41) is 0. The maximum absolute atomic E-state index is 2.55. The van der Waals surface area contributed by atoms with E-state index < -0.39 is 0 Å². The third-order valence-electron chi connectivity index (χ3n) is 6.64. The van der Waals surface area contributed by atoms with Crippen LogP contribution in [0.4, 0.5) is 0 Å². The SMILES string of the molecule is CC(C)c1cc(C(C)C)c([B]c2c(C(C)C)cc(C(C)C)cc2C(C)C)c(C(C)C)c1. The van der Waals surface area contributed by atoms with Crippen LogP contribution in [0.2, 0.25) is 0 Å². The highest BCUT2D eigenvalue weighted by Gasteiger charge is 2.23. The molecule has 1 heteroatoms. The van der Waals surface area contributed by atoms with Crippen molar-refractivity contribution in [2.75, 3.05) is 0 Å². The average molecular weight is 418 g/mol. The highest BCUT2D eigenvalue weighted by Crippen LogP contribution is 2.28. The summed E-state index contributed by atoms with van der Waals surface area (Å²) in [6.45, 7) is 28.0. The third-order valence-corrected chi connectivity index (χ3v) is 6.64. The molecule has 0 aromatic heterocycles. The van der Waals surface area contributed by atoms with Gasteiger partial charge in [-0.15, -0.1) is 0 Å². The van der Waals surface area contributed by atoms with Gasteiger partial charge in [-0.3, -0.25) is 0 Å². The molecule has 0 nitrogen and oxygen atoms in total. The second-order valence-corrected chi connectivity index (χ2v) is 11.3. The van der Waals surface area contributed by atoms with Crippen molar-refractivity contribution in [2.24, 2.45) is 0 Å². The molecule has 31 heavy (non-hydrogen) atoms. The lowest BCUT2D eigenvalue weighted by Crippen LogP contribution is -2.38. The normalized spacial score (nSPS) is 12.3. The summed E-state index contributed by atoms with van der Waals surface area (Å²) in [6, 6.07) is 9.89. The fourth-order valence-corrected chi connectivity index (χ4v) is 4.50. The molecule has 0 unspecified atom stereocenters. The van der Waals surface area contributed by atoms with E-state index in [1.165, 1.54) is 44.3 Å². The van der Waals surface area contributed by atoms with E-state index in [0.717, 1.165) is 0 Å². The Kier molecular flexibility index (Phi) is 8.65. The molecule has 0 fully saturated rings. The fourth-order valence-electron chi connectivity index (χ4n) is 4.50. The second-order valence-electron chi connectivity index (χ2n) is 11.3. The highest BCUT2D eigenvalue weighted by atomic mass is 14.2. The first-order chi connectivity index (χ1) is 14.3. The Labute approximate surface area is 194 Å². The molecule has 0 saturated carbocycles. The molecule has 2 aromatic rings. The number of hydrogen-bond donors (Lipinski definition) is 0. The number of benzene rings is 2. The van der Waals surface area contributed by atoms with Crippen LogP contribution in [0.15, 0.2) is 24.3 Å². The zero-order chi connectivity index (χ0) is 23.6. The predicted molar refractivity (Wildman–Crippen MR) is 142 cm³/mol. The van der Waals surface area contributed by atoms with Crippen molar-refractivity contribution in [3.05, 3.63) is 57.6 Å². The summed E-state index contributed by atoms with van der Waals surface area (Å²) in [6.07, 6.45) is 0. The zero-order valence-electron chi connectivity index (χ0n) is 22.4. The Bertz CT molecular complexity index is 750. The first-order valence-corrected chi connectivity index (χ1v) is 12.5. The van der Waals surface area contributed by atoms with E-state index in [9.17, 15) is 0 Å².